The van der Waals surface area contributed by atoms with Crippen LogP contribution in [0, 0.1) is 5.92 Å². The number of anilines is 2. The Bertz CT molecular complexity index is 309. The van der Waals surface area contributed by atoms with Crippen molar-refractivity contribution in [2.45, 2.75) is 20.8 Å². The van der Waals surface area contributed by atoms with Gasteiger partial charge in [-0.2, -0.15) is 0 Å². The molecule has 96 valence electrons. The molecule has 1 aromatic rings. The second-order valence-corrected chi connectivity index (χ2v) is 4.62. The highest BCUT2D eigenvalue weighted by Gasteiger charge is 2.03. The van der Waals surface area contributed by atoms with E-state index in [1.807, 2.05) is 0 Å². The van der Waals surface area contributed by atoms with Crippen LogP contribution in [0.1, 0.15) is 20.8 Å². The number of aliphatic hydroxyl groups is 1. The Hall–Kier alpha value is -1.22. The smallest absolute Gasteiger partial charge is 0.0606 e. The largest absolute Gasteiger partial charge is 0.395 e. The van der Waals surface area contributed by atoms with Gasteiger partial charge in [-0.1, -0.05) is 13.8 Å². The molecule has 0 aliphatic rings. The summed E-state index contributed by atoms with van der Waals surface area (Å²) in [4.78, 5) is 2.16. The standard InChI is InChI=1S/C14H24N2O/c1-4-16(9-10-17)14-7-5-13(6-8-14)15-11-12(2)3/h5-8,12,15,17H,4,9-11H2,1-3H3. The van der Waals surface area contributed by atoms with E-state index >= 15 is 0 Å². The SMILES string of the molecule is CCN(CCO)c1ccc(NCC(C)C)cc1. The van der Waals surface area contributed by atoms with Crippen LogP contribution in [-0.2, 0) is 0 Å². The van der Waals surface area contributed by atoms with E-state index in [0.29, 0.717) is 12.5 Å². The summed E-state index contributed by atoms with van der Waals surface area (Å²) < 4.78 is 0. The molecule has 0 aliphatic carbocycles. The molecule has 3 heteroatoms. The predicted octanol–water partition coefficient (Wildman–Crippen LogP) is 2.57. The molecule has 0 spiro atoms. The minimum Gasteiger partial charge on any atom is -0.395 e. The van der Waals surface area contributed by atoms with Crippen LogP contribution < -0.4 is 10.2 Å². The molecule has 1 aromatic carbocycles. The molecule has 1 rings (SSSR count). The van der Waals surface area contributed by atoms with E-state index in [2.05, 4.69) is 55.3 Å². The number of nitrogens with one attached hydrogen (secondary N) is 1. The van der Waals surface area contributed by atoms with Gasteiger partial charge in [0.25, 0.3) is 0 Å². The monoisotopic (exact) mass is 236 g/mol. The topological polar surface area (TPSA) is 35.5 Å². The maximum absolute atomic E-state index is 8.97. The fraction of sp³-hybridized carbons (Fsp3) is 0.571. The van der Waals surface area contributed by atoms with Gasteiger partial charge in [-0.15, -0.1) is 0 Å². The second kappa shape index (κ2) is 7.17. The lowest BCUT2D eigenvalue weighted by molar-refractivity contribution is 0.302. The molecule has 0 bridgehead atoms. The molecule has 0 saturated heterocycles. The first-order chi connectivity index (χ1) is 8.17. The molecule has 0 radical (unpaired) electrons. The van der Waals surface area contributed by atoms with Gasteiger partial charge in [0.2, 0.25) is 0 Å². The van der Waals surface area contributed by atoms with Crippen LogP contribution in [0.4, 0.5) is 11.4 Å². The van der Waals surface area contributed by atoms with Crippen LogP contribution in [0.25, 0.3) is 0 Å². The summed E-state index contributed by atoms with van der Waals surface area (Å²) in [7, 11) is 0. The third-order valence-electron chi connectivity index (χ3n) is 2.70. The average Bonchev–Trinajstić information content (AvgIpc) is 2.34. The molecule has 0 amide bonds. The van der Waals surface area contributed by atoms with Gasteiger partial charge < -0.3 is 15.3 Å². The van der Waals surface area contributed by atoms with Crippen molar-refractivity contribution in [3.05, 3.63) is 24.3 Å². The fourth-order valence-electron chi connectivity index (χ4n) is 1.70. The van der Waals surface area contributed by atoms with Gasteiger partial charge in [0, 0.05) is 31.0 Å². The minimum absolute atomic E-state index is 0.196. The van der Waals surface area contributed by atoms with Gasteiger partial charge in [0.15, 0.2) is 0 Å². The van der Waals surface area contributed by atoms with E-state index < -0.39 is 0 Å². The van der Waals surface area contributed by atoms with Gasteiger partial charge in [-0.25, -0.2) is 0 Å². The lowest BCUT2D eigenvalue weighted by atomic mass is 10.2. The molecule has 2 N–H and O–H groups in total. The van der Waals surface area contributed by atoms with Crippen molar-refractivity contribution in [2.75, 3.05) is 36.5 Å². The lowest BCUT2D eigenvalue weighted by Crippen LogP contribution is -2.25. The van der Waals surface area contributed by atoms with E-state index in [-0.39, 0.29) is 6.61 Å². The molecule has 0 aromatic heterocycles. The van der Waals surface area contributed by atoms with Crippen molar-refractivity contribution in [3.8, 4) is 0 Å². The molecule has 3 nitrogen and oxygen atoms in total. The molecular formula is C14H24N2O. The van der Waals surface area contributed by atoms with Crippen molar-refractivity contribution in [2.24, 2.45) is 5.92 Å². The molecule has 0 heterocycles. The highest BCUT2D eigenvalue weighted by molar-refractivity contribution is 5.55. The number of rotatable bonds is 7. The minimum atomic E-state index is 0.196. The zero-order valence-corrected chi connectivity index (χ0v) is 11.1. The number of benzene rings is 1. The molecule has 0 atom stereocenters. The highest BCUT2D eigenvalue weighted by atomic mass is 16.3. The van der Waals surface area contributed by atoms with Crippen molar-refractivity contribution in [1.82, 2.24) is 0 Å². The molecule has 17 heavy (non-hydrogen) atoms. The third-order valence-corrected chi connectivity index (χ3v) is 2.70. The first-order valence-electron chi connectivity index (χ1n) is 6.37. The Morgan fingerprint density at radius 1 is 1.24 bits per heavy atom. The lowest BCUT2D eigenvalue weighted by Gasteiger charge is -2.22. The summed E-state index contributed by atoms with van der Waals surface area (Å²) in [6.45, 7) is 9.28. The first-order valence-corrected chi connectivity index (χ1v) is 6.37. The van der Waals surface area contributed by atoms with Gasteiger partial charge in [-0.3, -0.25) is 0 Å². The molecule has 0 unspecified atom stereocenters. The van der Waals surface area contributed by atoms with E-state index in [1.165, 1.54) is 0 Å². The second-order valence-electron chi connectivity index (χ2n) is 4.62. The van der Waals surface area contributed by atoms with Crippen molar-refractivity contribution >= 4 is 11.4 Å². The van der Waals surface area contributed by atoms with E-state index in [4.69, 9.17) is 5.11 Å². The van der Waals surface area contributed by atoms with Gasteiger partial charge in [0.05, 0.1) is 6.61 Å². The third kappa shape index (κ3) is 4.65. The van der Waals surface area contributed by atoms with E-state index in [1.54, 1.807) is 0 Å². The normalized spacial score (nSPS) is 10.6. The van der Waals surface area contributed by atoms with E-state index in [0.717, 1.165) is 24.5 Å². The Labute approximate surface area is 104 Å². The summed E-state index contributed by atoms with van der Waals surface area (Å²) in [6.07, 6.45) is 0. The molecular weight excluding hydrogens is 212 g/mol. The van der Waals surface area contributed by atoms with Gasteiger partial charge in [0.1, 0.15) is 0 Å². The molecule has 0 fully saturated rings. The Morgan fingerprint density at radius 2 is 1.88 bits per heavy atom. The van der Waals surface area contributed by atoms with E-state index in [9.17, 15) is 0 Å². The summed E-state index contributed by atoms with van der Waals surface area (Å²) in [5.74, 6) is 0.649. The maximum atomic E-state index is 8.97. The average molecular weight is 236 g/mol. The van der Waals surface area contributed by atoms with Crippen LogP contribution in [0.5, 0.6) is 0 Å². The Kier molecular flexibility index (Phi) is 5.84. The van der Waals surface area contributed by atoms with Crippen molar-refractivity contribution in [1.29, 1.82) is 0 Å². The van der Waals surface area contributed by atoms with Gasteiger partial charge in [-0.05, 0) is 37.1 Å². The number of nitrogens with zero attached hydrogens (tertiary/aromatic N) is 1. The number of aliphatic hydroxyl groups excluding tert-OH is 1. The zero-order chi connectivity index (χ0) is 12.7. The zero-order valence-electron chi connectivity index (χ0n) is 11.1. The fourth-order valence-corrected chi connectivity index (χ4v) is 1.70. The number of hydrogen-bond acceptors (Lipinski definition) is 3. The summed E-state index contributed by atoms with van der Waals surface area (Å²) in [6, 6.07) is 8.39. The van der Waals surface area contributed by atoms with Gasteiger partial charge >= 0.3 is 0 Å². The van der Waals surface area contributed by atoms with Crippen LogP contribution in [-0.4, -0.2) is 31.3 Å². The predicted molar refractivity (Wildman–Crippen MR) is 74.7 cm³/mol. The first kappa shape index (κ1) is 13.8. The van der Waals surface area contributed by atoms with Crippen LogP contribution in [0.2, 0.25) is 0 Å². The Morgan fingerprint density at radius 3 is 2.35 bits per heavy atom. The summed E-state index contributed by atoms with van der Waals surface area (Å²) in [5, 5.41) is 12.4. The van der Waals surface area contributed by atoms with Crippen molar-refractivity contribution < 1.29 is 5.11 Å². The quantitative estimate of drug-likeness (QED) is 0.764. The molecule has 0 saturated carbocycles. The Balaban J connectivity index is 2.59. The molecule has 0 aliphatic heterocycles. The summed E-state index contributed by atoms with van der Waals surface area (Å²) in [5.41, 5.74) is 2.32. The number of hydrogen-bond donors (Lipinski definition) is 2. The van der Waals surface area contributed by atoms with Crippen LogP contribution in [0.15, 0.2) is 24.3 Å². The highest BCUT2D eigenvalue weighted by Crippen LogP contribution is 2.17. The van der Waals surface area contributed by atoms with Crippen LogP contribution in [0.3, 0.4) is 0 Å². The van der Waals surface area contributed by atoms with Crippen LogP contribution >= 0.6 is 0 Å². The maximum Gasteiger partial charge on any atom is 0.0606 e. The number of likely N-dealkylation sites (N-methyl/N-ethyl adjacent to an activating group) is 1. The summed E-state index contributed by atoms with van der Waals surface area (Å²) >= 11 is 0. The van der Waals surface area contributed by atoms with Crippen molar-refractivity contribution in [3.63, 3.8) is 0 Å².